The van der Waals surface area contributed by atoms with Gasteiger partial charge in [0.15, 0.2) is 0 Å². The highest BCUT2D eigenvalue weighted by Crippen LogP contribution is 2.30. The van der Waals surface area contributed by atoms with E-state index in [0.717, 1.165) is 6.20 Å². The summed E-state index contributed by atoms with van der Waals surface area (Å²) >= 11 is 7.39. The van der Waals surface area contributed by atoms with E-state index in [0.29, 0.717) is 29.0 Å². The first-order chi connectivity index (χ1) is 7.61. The molecule has 1 amide bonds. The molecular formula is C10H10BrFN2OS. The van der Waals surface area contributed by atoms with Crippen LogP contribution in [-0.2, 0) is 4.79 Å². The average molecular weight is 305 g/mol. The van der Waals surface area contributed by atoms with Crippen molar-refractivity contribution in [3.8, 4) is 0 Å². The lowest BCUT2D eigenvalue weighted by molar-refractivity contribution is -0.117. The minimum atomic E-state index is -0.444. The predicted octanol–water partition coefficient (Wildman–Crippen LogP) is 2.27. The van der Waals surface area contributed by atoms with Crippen LogP contribution >= 0.6 is 28.6 Å². The quantitative estimate of drug-likeness (QED) is 0.672. The molecule has 2 heterocycles. The SMILES string of the molecule is O=C1CC(CS)CN1c1cc(F)cnc1Br. The van der Waals surface area contributed by atoms with Gasteiger partial charge in [-0.3, -0.25) is 4.79 Å². The molecule has 1 aromatic heterocycles. The number of carbonyl (C=O) groups excluding carboxylic acids is 1. The molecule has 1 aromatic rings. The van der Waals surface area contributed by atoms with E-state index in [1.54, 1.807) is 4.90 Å². The smallest absolute Gasteiger partial charge is 0.227 e. The minimum Gasteiger partial charge on any atom is -0.309 e. The molecule has 0 bridgehead atoms. The summed E-state index contributed by atoms with van der Waals surface area (Å²) < 4.78 is 13.6. The molecule has 1 aliphatic heterocycles. The van der Waals surface area contributed by atoms with Crippen LogP contribution in [0.25, 0.3) is 0 Å². The highest BCUT2D eigenvalue weighted by atomic mass is 79.9. The molecular weight excluding hydrogens is 295 g/mol. The Hall–Kier alpha value is -0.620. The maximum atomic E-state index is 13.1. The zero-order chi connectivity index (χ0) is 11.7. The lowest BCUT2D eigenvalue weighted by Gasteiger charge is -2.17. The van der Waals surface area contributed by atoms with Crippen LogP contribution in [0.3, 0.4) is 0 Å². The van der Waals surface area contributed by atoms with Crippen molar-refractivity contribution in [3.05, 3.63) is 22.7 Å². The molecule has 16 heavy (non-hydrogen) atoms. The summed E-state index contributed by atoms with van der Waals surface area (Å²) in [6, 6.07) is 1.32. The summed E-state index contributed by atoms with van der Waals surface area (Å²) in [5.74, 6) is 0.432. The molecule has 6 heteroatoms. The van der Waals surface area contributed by atoms with Gasteiger partial charge in [-0.25, -0.2) is 9.37 Å². The van der Waals surface area contributed by atoms with Gasteiger partial charge in [-0.05, 0) is 27.6 Å². The van der Waals surface area contributed by atoms with Gasteiger partial charge in [-0.2, -0.15) is 12.6 Å². The zero-order valence-electron chi connectivity index (χ0n) is 8.36. The molecule has 1 aliphatic rings. The van der Waals surface area contributed by atoms with E-state index < -0.39 is 5.82 Å². The van der Waals surface area contributed by atoms with E-state index in [1.165, 1.54) is 6.07 Å². The van der Waals surface area contributed by atoms with Gasteiger partial charge < -0.3 is 4.90 Å². The van der Waals surface area contributed by atoms with Crippen molar-refractivity contribution in [2.24, 2.45) is 5.92 Å². The topological polar surface area (TPSA) is 33.2 Å². The maximum absolute atomic E-state index is 13.1. The van der Waals surface area contributed by atoms with E-state index in [4.69, 9.17) is 0 Å². The third kappa shape index (κ3) is 2.22. The first-order valence-corrected chi connectivity index (χ1v) is 6.26. The second-order valence-corrected chi connectivity index (χ2v) is 4.84. The Morgan fingerprint density at radius 1 is 1.69 bits per heavy atom. The normalized spacial score (nSPS) is 20.6. The average Bonchev–Trinajstić information content (AvgIpc) is 2.63. The summed E-state index contributed by atoms with van der Waals surface area (Å²) in [6.45, 7) is 0.575. The first-order valence-electron chi connectivity index (χ1n) is 4.84. The first kappa shape index (κ1) is 11.9. The molecule has 0 aromatic carbocycles. The van der Waals surface area contributed by atoms with E-state index in [-0.39, 0.29) is 11.8 Å². The van der Waals surface area contributed by atoms with Gasteiger partial charge in [-0.1, -0.05) is 0 Å². The van der Waals surface area contributed by atoms with E-state index >= 15 is 0 Å². The Morgan fingerprint density at radius 2 is 2.44 bits per heavy atom. The largest absolute Gasteiger partial charge is 0.309 e. The number of amides is 1. The van der Waals surface area contributed by atoms with Crippen molar-refractivity contribution in [2.45, 2.75) is 6.42 Å². The molecule has 0 N–H and O–H groups in total. The maximum Gasteiger partial charge on any atom is 0.227 e. The Labute approximate surface area is 107 Å². The van der Waals surface area contributed by atoms with Crippen LogP contribution in [0.1, 0.15) is 6.42 Å². The molecule has 1 atom stereocenters. The molecule has 3 nitrogen and oxygen atoms in total. The Morgan fingerprint density at radius 3 is 3.06 bits per heavy atom. The van der Waals surface area contributed by atoms with Crippen molar-refractivity contribution in [2.75, 3.05) is 17.2 Å². The Kier molecular flexibility index (Phi) is 3.49. The van der Waals surface area contributed by atoms with Gasteiger partial charge in [0.05, 0.1) is 11.9 Å². The third-order valence-electron chi connectivity index (χ3n) is 2.54. The second kappa shape index (κ2) is 4.71. The van der Waals surface area contributed by atoms with Crippen molar-refractivity contribution < 1.29 is 9.18 Å². The molecule has 86 valence electrons. The number of hydrogen-bond donors (Lipinski definition) is 1. The number of rotatable bonds is 2. The fraction of sp³-hybridized carbons (Fsp3) is 0.400. The molecule has 1 unspecified atom stereocenters. The van der Waals surface area contributed by atoms with E-state index in [9.17, 15) is 9.18 Å². The van der Waals surface area contributed by atoms with E-state index in [2.05, 4.69) is 33.5 Å². The highest BCUT2D eigenvalue weighted by molar-refractivity contribution is 9.10. The fourth-order valence-electron chi connectivity index (χ4n) is 1.74. The number of thiol groups is 1. The van der Waals surface area contributed by atoms with Crippen LogP contribution in [0, 0.1) is 11.7 Å². The molecule has 1 fully saturated rings. The summed E-state index contributed by atoms with van der Waals surface area (Å²) in [7, 11) is 0. The number of pyridine rings is 1. The van der Waals surface area contributed by atoms with Gasteiger partial charge in [0.2, 0.25) is 5.91 Å². The zero-order valence-corrected chi connectivity index (χ0v) is 10.8. The van der Waals surface area contributed by atoms with Gasteiger partial charge in [0.1, 0.15) is 10.4 Å². The van der Waals surface area contributed by atoms with Gasteiger partial charge in [0, 0.05) is 19.0 Å². The molecule has 2 rings (SSSR count). The van der Waals surface area contributed by atoms with Gasteiger partial charge in [0.25, 0.3) is 0 Å². The van der Waals surface area contributed by atoms with Crippen LogP contribution < -0.4 is 4.90 Å². The second-order valence-electron chi connectivity index (χ2n) is 3.72. The predicted molar refractivity (Wildman–Crippen MR) is 66.2 cm³/mol. The highest BCUT2D eigenvalue weighted by Gasteiger charge is 2.31. The number of anilines is 1. The Balaban J connectivity index is 2.30. The molecule has 0 aliphatic carbocycles. The van der Waals surface area contributed by atoms with Crippen LogP contribution in [0.4, 0.5) is 10.1 Å². The summed E-state index contributed by atoms with van der Waals surface area (Å²) in [5.41, 5.74) is 0.495. The molecule has 1 saturated heterocycles. The van der Waals surface area contributed by atoms with Gasteiger partial charge >= 0.3 is 0 Å². The Bertz CT molecular complexity index is 429. The fourth-order valence-corrected chi connectivity index (χ4v) is 2.41. The third-order valence-corrected chi connectivity index (χ3v) is 3.67. The summed E-state index contributed by atoms with van der Waals surface area (Å²) in [5, 5.41) is 0. The number of nitrogens with zero attached hydrogens (tertiary/aromatic N) is 2. The van der Waals surface area contributed by atoms with Crippen molar-refractivity contribution in [1.82, 2.24) is 4.98 Å². The molecule has 0 spiro atoms. The monoisotopic (exact) mass is 304 g/mol. The van der Waals surface area contributed by atoms with Gasteiger partial charge in [-0.15, -0.1) is 0 Å². The standard InChI is InChI=1S/C10H10BrFN2OS/c11-10-8(2-7(12)3-13-10)14-4-6(5-16)1-9(14)15/h2-3,6,16H,1,4-5H2. The van der Waals surface area contributed by atoms with Crippen LogP contribution in [0.2, 0.25) is 0 Å². The number of aromatic nitrogens is 1. The van der Waals surface area contributed by atoms with Crippen LogP contribution in [0.15, 0.2) is 16.9 Å². The van der Waals surface area contributed by atoms with Crippen LogP contribution in [-0.4, -0.2) is 23.2 Å². The summed E-state index contributed by atoms with van der Waals surface area (Å²) in [6.07, 6.45) is 1.58. The van der Waals surface area contributed by atoms with E-state index in [1.807, 2.05) is 0 Å². The number of carbonyl (C=O) groups is 1. The lowest BCUT2D eigenvalue weighted by atomic mass is 10.1. The van der Waals surface area contributed by atoms with Crippen molar-refractivity contribution in [1.29, 1.82) is 0 Å². The molecule has 0 saturated carbocycles. The number of halogens is 2. The van der Waals surface area contributed by atoms with Crippen molar-refractivity contribution >= 4 is 40.2 Å². The van der Waals surface area contributed by atoms with Crippen LogP contribution in [0.5, 0.6) is 0 Å². The number of hydrogen-bond acceptors (Lipinski definition) is 3. The minimum absolute atomic E-state index is 0.00727. The summed E-state index contributed by atoms with van der Waals surface area (Å²) in [4.78, 5) is 17.1. The van der Waals surface area contributed by atoms with Crippen molar-refractivity contribution in [3.63, 3.8) is 0 Å². The molecule has 0 radical (unpaired) electrons. The lowest BCUT2D eigenvalue weighted by Crippen LogP contribution is -2.25.